The maximum Gasteiger partial charge on any atom is 0.334 e. The van der Waals surface area contributed by atoms with Crippen LogP contribution in [0.2, 0.25) is 0 Å². The molecule has 4 heteroatoms. The zero-order valence-electron chi connectivity index (χ0n) is 36.0. The molecule has 2 aliphatic heterocycles. The molecule has 0 spiro atoms. The van der Waals surface area contributed by atoms with E-state index in [9.17, 15) is 0 Å². The van der Waals surface area contributed by atoms with Gasteiger partial charge in [0.2, 0.25) is 0 Å². The Labute approximate surface area is 350 Å². The van der Waals surface area contributed by atoms with Gasteiger partial charge in [-0.2, -0.15) is 0 Å². The van der Waals surface area contributed by atoms with Crippen LogP contribution in [-0.2, 0) is 21.7 Å². The molecule has 0 atom stereocenters. The third-order valence-corrected chi connectivity index (χ3v) is 16.3. The van der Waals surface area contributed by atoms with Crippen molar-refractivity contribution in [1.82, 2.24) is 0 Å². The maximum atomic E-state index is 2.73. The molecule has 11 rings (SSSR count). The summed E-state index contributed by atoms with van der Waals surface area (Å²) in [5.41, 5.74) is 19.9. The van der Waals surface area contributed by atoms with Gasteiger partial charge in [0, 0.05) is 27.3 Å². The van der Waals surface area contributed by atoms with Crippen LogP contribution in [0, 0.1) is 13.8 Å². The summed E-state index contributed by atoms with van der Waals surface area (Å²) in [7, 11) is 0. The van der Waals surface area contributed by atoms with Crippen molar-refractivity contribution in [2.75, 3.05) is 9.71 Å². The highest BCUT2D eigenvalue weighted by molar-refractivity contribution is 7.26. The molecule has 0 saturated heterocycles. The number of aryl methyl sites for hydroxylation is 2. The zero-order chi connectivity index (χ0) is 40.3. The van der Waals surface area contributed by atoms with E-state index >= 15 is 0 Å². The van der Waals surface area contributed by atoms with E-state index in [1.54, 1.807) is 0 Å². The Morgan fingerprint density at radius 2 is 1.14 bits per heavy atom. The SMILES string of the molecule is Cc1cc2c3c(c1)N(c1cc4c(cc1C)C(C)(C)CCC4(C)C)c1sc4cc5c(cc4c1B3N(c1ccccc1)c1ccc3ccccc3c1-2)C(C)(C)CCC5(C)C. The number of benzene rings is 6. The Balaban J connectivity index is 1.31. The molecule has 6 aromatic carbocycles. The fraction of sp³-hybridized carbons (Fsp3) is 0.333. The third-order valence-electron chi connectivity index (χ3n) is 15.1. The standard InChI is InChI=1S/C54H55BN2S/c1-32-26-38-47-36-19-15-14-16-34(36)20-21-43(47)57(35-17-12-11-13-18-35)55-48(38)45(27-32)56(44-30-41-39(28-33(44)2)51(3,4)22-24-53(41,7)8)50-49(55)37-29-40-42(31-46(37)58-50)54(9,10)25-23-52(40,5)6/h11-21,26-31H,22-25H2,1-10H3. The van der Waals surface area contributed by atoms with Crippen molar-refractivity contribution in [1.29, 1.82) is 0 Å². The molecule has 0 bridgehead atoms. The number of para-hydroxylation sites is 1. The first-order chi connectivity index (χ1) is 27.6. The summed E-state index contributed by atoms with van der Waals surface area (Å²) in [5.74, 6) is 0. The molecule has 290 valence electrons. The molecule has 4 aliphatic rings. The predicted octanol–water partition coefficient (Wildman–Crippen LogP) is 14.1. The number of rotatable bonds is 2. The summed E-state index contributed by atoms with van der Waals surface area (Å²) < 4.78 is 1.40. The molecule has 2 nitrogen and oxygen atoms in total. The van der Waals surface area contributed by atoms with E-state index in [4.69, 9.17) is 0 Å². The Kier molecular flexibility index (Phi) is 7.45. The van der Waals surface area contributed by atoms with Gasteiger partial charge in [0.05, 0.1) is 10.7 Å². The molecule has 3 heterocycles. The van der Waals surface area contributed by atoms with Gasteiger partial charge in [-0.05, 0) is 170 Å². The second kappa shape index (κ2) is 11.9. The molecular formula is C54H55BN2S. The van der Waals surface area contributed by atoms with E-state index in [1.807, 2.05) is 11.3 Å². The molecule has 0 fully saturated rings. The van der Waals surface area contributed by atoms with Crippen molar-refractivity contribution in [2.45, 2.75) is 117 Å². The summed E-state index contributed by atoms with van der Waals surface area (Å²) in [6.07, 6.45) is 4.81. The molecule has 7 aromatic rings. The third kappa shape index (κ3) is 4.97. The van der Waals surface area contributed by atoms with Crippen LogP contribution in [0.3, 0.4) is 0 Å². The van der Waals surface area contributed by atoms with Crippen LogP contribution in [0.15, 0.2) is 103 Å². The Morgan fingerprint density at radius 1 is 0.534 bits per heavy atom. The Morgan fingerprint density at radius 3 is 1.83 bits per heavy atom. The average molecular weight is 775 g/mol. The Bertz CT molecular complexity index is 2890. The largest absolute Gasteiger partial charge is 0.376 e. The minimum atomic E-state index is -0.00673. The highest BCUT2D eigenvalue weighted by Gasteiger charge is 2.49. The van der Waals surface area contributed by atoms with Crippen LogP contribution < -0.4 is 20.6 Å². The van der Waals surface area contributed by atoms with E-state index in [0.717, 1.165) is 0 Å². The van der Waals surface area contributed by atoms with E-state index < -0.39 is 0 Å². The van der Waals surface area contributed by atoms with Crippen molar-refractivity contribution in [3.8, 4) is 11.1 Å². The summed E-state index contributed by atoms with van der Waals surface area (Å²) in [6.45, 7) is 24.4. The van der Waals surface area contributed by atoms with Crippen LogP contribution in [0.25, 0.3) is 32.0 Å². The lowest BCUT2D eigenvalue weighted by atomic mass is 9.43. The zero-order valence-corrected chi connectivity index (χ0v) is 36.8. The van der Waals surface area contributed by atoms with Crippen LogP contribution in [0.1, 0.15) is 114 Å². The van der Waals surface area contributed by atoms with E-state index in [0.29, 0.717) is 0 Å². The van der Waals surface area contributed by atoms with Gasteiger partial charge in [-0.15, -0.1) is 11.3 Å². The topological polar surface area (TPSA) is 6.48 Å². The molecule has 0 N–H and O–H groups in total. The van der Waals surface area contributed by atoms with Crippen molar-refractivity contribution in [3.05, 3.63) is 137 Å². The van der Waals surface area contributed by atoms with Crippen molar-refractivity contribution < 1.29 is 0 Å². The van der Waals surface area contributed by atoms with Crippen molar-refractivity contribution >= 4 is 77.7 Å². The molecule has 0 radical (unpaired) electrons. The number of nitrogens with zero attached hydrogens (tertiary/aromatic N) is 2. The summed E-state index contributed by atoms with van der Waals surface area (Å²) in [4.78, 5) is 5.43. The number of hydrogen-bond donors (Lipinski definition) is 0. The van der Waals surface area contributed by atoms with Gasteiger partial charge in [0.1, 0.15) is 0 Å². The van der Waals surface area contributed by atoms with Crippen LogP contribution in [0.4, 0.5) is 27.8 Å². The van der Waals surface area contributed by atoms with Crippen LogP contribution in [0.5, 0.6) is 0 Å². The quantitative estimate of drug-likeness (QED) is 0.161. The van der Waals surface area contributed by atoms with Crippen LogP contribution in [-0.4, -0.2) is 6.85 Å². The minimum absolute atomic E-state index is 0.00673. The van der Waals surface area contributed by atoms with E-state index in [2.05, 4.69) is 182 Å². The Hall–Kier alpha value is -4.80. The number of fused-ring (bicyclic) bond motifs is 10. The lowest BCUT2D eigenvalue weighted by Gasteiger charge is -2.46. The normalized spacial score (nSPS) is 19.0. The molecular weight excluding hydrogens is 719 g/mol. The highest BCUT2D eigenvalue weighted by atomic mass is 32.1. The van der Waals surface area contributed by atoms with Gasteiger partial charge in [0.25, 0.3) is 0 Å². The minimum Gasteiger partial charge on any atom is -0.376 e. The maximum absolute atomic E-state index is 2.73. The second-order valence-corrected chi connectivity index (χ2v) is 21.8. The molecule has 0 amide bonds. The summed E-state index contributed by atoms with van der Waals surface area (Å²) in [5, 5.41) is 5.37. The predicted molar refractivity (Wildman–Crippen MR) is 253 cm³/mol. The van der Waals surface area contributed by atoms with Crippen molar-refractivity contribution in [2.24, 2.45) is 0 Å². The van der Waals surface area contributed by atoms with Gasteiger partial charge in [-0.3, -0.25) is 0 Å². The first-order valence-electron chi connectivity index (χ1n) is 21.6. The number of anilines is 5. The summed E-state index contributed by atoms with van der Waals surface area (Å²) >= 11 is 2.02. The van der Waals surface area contributed by atoms with Gasteiger partial charge in [-0.1, -0.05) is 116 Å². The lowest BCUT2D eigenvalue weighted by molar-refractivity contribution is 0.332. The van der Waals surface area contributed by atoms with Gasteiger partial charge in [-0.25, -0.2) is 0 Å². The number of hydrogen-bond acceptors (Lipinski definition) is 3. The number of thiophene rings is 1. The first-order valence-corrected chi connectivity index (χ1v) is 22.5. The molecule has 58 heavy (non-hydrogen) atoms. The average Bonchev–Trinajstić information content (AvgIpc) is 3.56. The summed E-state index contributed by atoms with van der Waals surface area (Å²) in [6, 6.07) is 40.4. The first kappa shape index (κ1) is 36.3. The van der Waals surface area contributed by atoms with E-state index in [1.165, 1.54) is 130 Å². The molecule has 0 unspecified atom stereocenters. The highest BCUT2D eigenvalue weighted by Crippen LogP contribution is 2.55. The van der Waals surface area contributed by atoms with Gasteiger partial charge < -0.3 is 9.71 Å². The monoisotopic (exact) mass is 774 g/mol. The molecule has 2 aliphatic carbocycles. The van der Waals surface area contributed by atoms with E-state index in [-0.39, 0.29) is 28.5 Å². The smallest absolute Gasteiger partial charge is 0.334 e. The van der Waals surface area contributed by atoms with Gasteiger partial charge in [0.15, 0.2) is 0 Å². The molecule has 1 aromatic heterocycles. The fourth-order valence-electron chi connectivity index (χ4n) is 11.5. The lowest BCUT2D eigenvalue weighted by Crippen LogP contribution is -2.61. The van der Waals surface area contributed by atoms with Crippen LogP contribution >= 0.6 is 11.3 Å². The van der Waals surface area contributed by atoms with Gasteiger partial charge >= 0.3 is 6.85 Å². The second-order valence-electron chi connectivity index (χ2n) is 20.8. The fourth-order valence-corrected chi connectivity index (χ4v) is 12.8. The van der Waals surface area contributed by atoms with Crippen molar-refractivity contribution in [3.63, 3.8) is 0 Å². The molecule has 0 saturated carbocycles.